The van der Waals surface area contributed by atoms with E-state index in [-0.39, 0.29) is 18.4 Å². The van der Waals surface area contributed by atoms with Crippen LogP contribution in [0.3, 0.4) is 0 Å². The molecule has 0 aromatic heterocycles. The first-order valence-electron chi connectivity index (χ1n) is 5.96. The number of carbonyl (C=O) groups is 2. The quantitative estimate of drug-likeness (QED) is 0.622. The molecule has 0 atom stereocenters. The van der Waals surface area contributed by atoms with E-state index >= 15 is 0 Å². The molecule has 0 bridgehead atoms. The number of nitrogens with zero attached hydrogens (tertiary/aromatic N) is 2. The number of esters is 1. The van der Waals surface area contributed by atoms with Gasteiger partial charge in [-0.05, 0) is 6.92 Å². The molecule has 1 N–H and O–H groups in total. The SMILES string of the molecule is CCOC(=O)CN(C)C(=O)CN1CCNCC1. The van der Waals surface area contributed by atoms with E-state index in [2.05, 4.69) is 10.2 Å². The molecule has 1 heterocycles. The fourth-order valence-electron chi connectivity index (χ4n) is 1.67. The molecule has 0 radical (unpaired) electrons. The van der Waals surface area contributed by atoms with Crippen LogP contribution in [0.15, 0.2) is 0 Å². The number of carbonyl (C=O) groups excluding carboxylic acids is 2. The van der Waals surface area contributed by atoms with Gasteiger partial charge in [-0.25, -0.2) is 0 Å². The van der Waals surface area contributed by atoms with E-state index in [0.717, 1.165) is 26.2 Å². The Hall–Kier alpha value is -1.14. The average molecular weight is 243 g/mol. The highest BCUT2D eigenvalue weighted by molar-refractivity contribution is 5.83. The largest absolute Gasteiger partial charge is 0.465 e. The molecule has 98 valence electrons. The second-order valence-corrected chi connectivity index (χ2v) is 4.08. The fourth-order valence-corrected chi connectivity index (χ4v) is 1.67. The number of likely N-dealkylation sites (N-methyl/N-ethyl adjacent to an activating group) is 1. The molecule has 17 heavy (non-hydrogen) atoms. The van der Waals surface area contributed by atoms with E-state index in [1.165, 1.54) is 4.90 Å². The maximum absolute atomic E-state index is 11.8. The van der Waals surface area contributed by atoms with Crippen molar-refractivity contribution in [2.75, 3.05) is 52.9 Å². The minimum absolute atomic E-state index is 0.0266. The van der Waals surface area contributed by atoms with E-state index in [9.17, 15) is 9.59 Å². The van der Waals surface area contributed by atoms with Crippen molar-refractivity contribution in [2.45, 2.75) is 6.92 Å². The molecule has 6 nitrogen and oxygen atoms in total. The highest BCUT2D eigenvalue weighted by Crippen LogP contribution is 1.95. The molecular formula is C11H21N3O3. The summed E-state index contributed by atoms with van der Waals surface area (Å²) in [5.41, 5.74) is 0. The summed E-state index contributed by atoms with van der Waals surface area (Å²) >= 11 is 0. The summed E-state index contributed by atoms with van der Waals surface area (Å²) < 4.78 is 4.80. The minimum Gasteiger partial charge on any atom is -0.465 e. The third-order valence-corrected chi connectivity index (χ3v) is 2.67. The van der Waals surface area contributed by atoms with Gasteiger partial charge >= 0.3 is 5.97 Å². The molecule has 1 saturated heterocycles. The standard InChI is InChI=1S/C11H21N3O3/c1-3-17-11(16)9-13(2)10(15)8-14-6-4-12-5-7-14/h12H,3-9H2,1-2H3. The molecular weight excluding hydrogens is 222 g/mol. The summed E-state index contributed by atoms with van der Waals surface area (Å²) in [5, 5.41) is 3.23. The number of hydrogen-bond acceptors (Lipinski definition) is 5. The molecule has 1 fully saturated rings. The Labute approximate surface area is 102 Å². The van der Waals surface area contributed by atoms with Gasteiger partial charge in [-0.1, -0.05) is 0 Å². The number of amides is 1. The molecule has 0 spiro atoms. The van der Waals surface area contributed by atoms with E-state index in [1.807, 2.05) is 0 Å². The van der Waals surface area contributed by atoms with Gasteiger partial charge in [0.2, 0.25) is 5.91 Å². The molecule has 0 unspecified atom stereocenters. The van der Waals surface area contributed by atoms with Crippen molar-refractivity contribution in [1.29, 1.82) is 0 Å². The van der Waals surface area contributed by atoms with Gasteiger partial charge in [0.25, 0.3) is 0 Å². The zero-order chi connectivity index (χ0) is 12.7. The first-order chi connectivity index (χ1) is 8.13. The maximum atomic E-state index is 11.8. The lowest BCUT2D eigenvalue weighted by Gasteiger charge is -2.28. The summed E-state index contributed by atoms with van der Waals surface area (Å²) in [6, 6.07) is 0. The molecule has 0 aliphatic carbocycles. The maximum Gasteiger partial charge on any atom is 0.325 e. The van der Waals surface area contributed by atoms with Crippen LogP contribution in [0, 0.1) is 0 Å². The van der Waals surface area contributed by atoms with Gasteiger partial charge in [-0.15, -0.1) is 0 Å². The van der Waals surface area contributed by atoms with Gasteiger partial charge in [0.15, 0.2) is 0 Å². The number of ether oxygens (including phenoxy) is 1. The normalized spacial score (nSPS) is 16.6. The monoisotopic (exact) mass is 243 g/mol. The Morgan fingerprint density at radius 3 is 2.59 bits per heavy atom. The van der Waals surface area contributed by atoms with Crippen LogP contribution in [0.25, 0.3) is 0 Å². The summed E-state index contributed by atoms with van der Waals surface area (Å²) in [6.07, 6.45) is 0. The van der Waals surface area contributed by atoms with Crippen LogP contribution < -0.4 is 5.32 Å². The summed E-state index contributed by atoms with van der Waals surface area (Å²) in [4.78, 5) is 26.5. The summed E-state index contributed by atoms with van der Waals surface area (Å²) in [5.74, 6) is -0.399. The Bertz CT molecular complexity index is 265. The minimum atomic E-state index is -0.358. The van der Waals surface area contributed by atoms with Crippen molar-refractivity contribution in [3.8, 4) is 0 Å². The molecule has 1 aliphatic rings. The average Bonchev–Trinajstić information content (AvgIpc) is 2.30. The van der Waals surface area contributed by atoms with Crippen molar-refractivity contribution in [3.63, 3.8) is 0 Å². The lowest BCUT2D eigenvalue weighted by atomic mass is 10.3. The number of piperazine rings is 1. The van der Waals surface area contributed by atoms with Gasteiger partial charge in [0, 0.05) is 33.2 Å². The first kappa shape index (κ1) is 13.9. The summed E-state index contributed by atoms with van der Waals surface area (Å²) in [7, 11) is 1.63. The van der Waals surface area contributed by atoms with Crippen molar-refractivity contribution in [2.24, 2.45) is 0 Å². The molecule has 1 aliphatic heterocycles. The van der Waals surface area contributed by atoms with Gasteiger partial charge in [-0.2, -0.15) is 0 Å². The summed E-state index contributed by atoms with van der Waals surface area (Å²) in [6.45, 7) is 6.07. The molecule has 6 heteroatoms. The number of nitrogens with one attached hydrogen (secondary N) is 1. The highest BCUT2D eigenvalue weighted by atomic mass is 16.5. The van der Waals surface area contributed by atoms with Gasteiger partial charge in [0.05, 0.1) is 13.2 Å². The Kier molecular flexibility index (Phi) is 5.93. The number of hydrogen-bond donors (Lipinski definition) is 1. The van der Waals surface area contributed by atoms with Crippen LogP contribution in [0.2, 0.25) is 0 Å². The van der Waals surface area contributed by atoms with Crippen LogP contribution in [0.4, 0.5) is 0 Å². The topological polar surface area (TPSA) is 61.9 Å². The second kappa shape index (κ2) is 7.24. The van der Waals surface area contributed by atoms with Gasteiger partial charge < -0.3 is 15.0 Å². The smallest absolute Gasteiger partial charge is 0.325 e. The van der Waals surface area contributed by atoms with Gasteiger partial charge in [0.1, 0.15) is 6.54 Å². The first-order valence-corrected chi connectivity index (χ1v) is 5.96. The molecule has 1 amide bonds. The molecule has 0 aromatic rings. The van der Waals surface area contributed by atoms with Crippen molar-refractivity contribution < 1.29 is 14.3 Å². The number of rotatable bonds is 5. The molecule has 0 saturated carbocycles. The van der Waals surface area contributed by atoms with Crippen LogP contribution in [-0.4, -0.2) is 74.6 Å². The van der Waals surface area contributed by atoms with Crippen molar-refractivity contribution in [3.05, 3.63) is 0 Å². The van der Waals surface area contributed by atoms with Crippen LogP contribution >= 0.6 is 0 Å². The fraction of sp³-hybridized carbons (Fsp3) is 0.818. The van der Waals surface area contributed by atoms with Crippen molar-refractivity contribution in [1.82, 2.24) is 15.1 Å². The lowest BCUT2D eigenvalue weighted by molar-refractivity contribution is -0.148. The van der Waals surface area contributed by atoms with Crippen LogP contribution in [0.1, 0.15) is 6.92 Å². The van der Waals surface area contributed by atoms with Crippen LogP contribution in [0.5, 0.6) is 0 Å². The zero-order valence-corrected chi connectivity index (χ0v) is 10.6. The van der Waals surface area contributed by atoms with E-state index in [1.54, 1.807) is 14.0 Å². The molecule has 0 aromatic carbocycles. The highest BCUT2D eigenvalue weighted by Gasteiger charge is 2.18. The predicted octanol–water partition coefficient (Wildman–Crippen LogP) is -1.09. The van der Waals surface area contributed by atoms with Crippen molar-refractivity contribution >= 4 is 11.9 Å². The predicted molar refractivity (Wildman–Crippen MR) is 63.6 cm³/mol. The van der Waals surface area contributed by atoms with E-state index in [0.29, 0.717) is 13.2 Å². The molecule has 1 rings (SSSR count). The lowest BCUT2D eigenvalue weighted by Crippen LogP contribution is -2.48. The van der Waals surface area contributed by atoms with E-state index in [4.69, 9.17) is 4.74 Å². The Morgan fingerprint density at radius 2 is 2.00 bits per heavy atom. The second-order valence-electron chi connectivity index (χ2n) is 4.08. The van der Waals surface area contributed by atoms with E-state index < -0.39 is 0 Å². The Balaban J connectivity index is 2.28. The third kappa shape index (κ3) is 5.14. The Morgan fingerprint density at radius 1 is 1.35 bits per heavy atom. The van der Waals surface area contributed by atoms with Crippen LogP contribution in [-0.2, 0) is 14.3 Å². The van der Waals surface area contributed by atoms with Gasteiger partial charge in [-0.3, -0.25) is 14.5 Å². The zero-order valence-electron chi connectivity index (χ0n) is 10.6. The third-order valence-electron chi connectivity index (χ3n) is 2.67.